The maximum Gasteiger partial charge on any atom is 0.325 e. The number of nitrogens with zero attached hydrogens (tertiary/aromatic N) is 2. The van der Waals surface area contributed by atoms with Crippen molar-refractivity contribution in [3.05, 3.63) is 54.3 Å². The fourth-order valence-corrected chi connectivity index (χ4v) is 2.28. The number of para-hydroxylation sites is 2. The number of aromatic nitrogens is 2. The van der Waals surface area contributed by atoms with Crippen molar-refractivity contribution in [1.82, 2.24) is 9.55 Å². The summed E-state index contributed by atoms with van der Waals surface area (Å²) in [5, 5.41) is 0. The zero-order valence-electron chi connectivity index (χ0n) is 11.4. The van der Waals surface area contributed by atoms with Gasteiger partial charge in [-0.1, -0.05) is 24.3 Å². The average molecular weight is 284 g/mol. The number of benzene rings is 2. The summed E-state index contributed by atoms with van der Waals surface area (Å²) in [7, 11) is 1.32. The molecular formula is C16H13FN2O2. The number of esters is 1. The molecule has 0 atom stereocenters. The van der Waals surface area contributed by atoms with Crippen LogP contribution >= 0.6 is 0 Å². The van der Waals surface area contributed by atoms with Gasteiger partial charge in [-0.2, -0.15) is 0 Å². The molecule has 0 aliphatic heterocycles. The number of fused-ring (bicyclic) bond motifs is 1. The molecule has 3 aromatic rings. The number of methoxy groups -OCH3 is 1. The van der Waals surface area contributed by atoms with E-state index >= 15 is 0 Å². The molecule has 0 unspecified atom stereocenters. The predicted octanol–water partition coefficient (Wildman–Crippen LogP) is 3.02. The second kappa shape index (κ2) is 5.36. The van der Waals surface area contributed by atoms with E-state index in [1.165, 1.54) is 13.2 Å². The van der Waals surface area contributed by atoms with E-state index in [9.17, 15) is 9.18 Å². The van der Waals surface area contributed by atoms with Crippen molar-refractivity contribution in [3.8, 4) is 11.4 Å². The van der Waals surface area contributed by atoms with Crippen molar-refractivity contribution in [2.75, 3.05) is 7.11 Å². The van der Waals surface area contributed by atoms with Crippen LogP contribution < -0.4 is 0 Å². The fraction of sp³-hybridized carbons (Fsp3) is 0.125. The standard InChI is InChI=1S/C16H13FN2O2/c1-21-15(20)10-19-14-9-5-4-8-13(14)18-16(19)11-6-2-3-7-12(11)17/h2-9H,10H2,1H3. The molecule has 0 bridgehead atoms. The van der Waals surface area contributed by atoms with Gasteiger partial charge in [0.05, 0.1) is 23.7 Å². The van der Waals surface area contributed by atoms with Crippen molar-refractivity contribution in [2.24, 2.45) is 0 Å². The monoisotopic (exact) mass is 284 g/mol. The molecule has 0 saturated carbocycles. The van der Waals surface area contributed by atoms with E-state index in [2.05, 4.69) is 4.98 Å². The van der Waals surface area contributed by atoms with E-state index in [-0.39, 0.29) is 12.4 Å². The van der Waals surface area contributed by atoms with Gasteiger partial charge < -0.3 is 9.30 Å². The first-order chi connectivity index (χ1) is 10.2. The van der Waals surface area contributed by atoms with E-state index in [1.807, 2.05) is 24.3 Å². The second-order valence-electron chi connectivity index (χ2n) is 4.57. The van der Waals surface area contributed by atoms with Crippen LogP contribution in [0.1, 0.15) is 0 Å². The van der Waals surface area contributed by atoms with E-state index in [0.29, 0.717) is 16.9 Å². The van der Waals surface area contributed by atoms with Crippen LogP contribution in [0.5, 0.6) is 0 Å². The minimum atomic E-state index is -0.407. The molecule has 4 nitrogen and oxygen atoms in total. The zero-order valence-corrected chi connectivity index (χ0v) is 11.4. The molecule has 0 radical (unpaired) electrons. The normalized spacial score (nSPS) is 10.8. The van der Waals surface area contributed by atoms with Gasteiger partial charge in [-0.15, -0.1) is 0 Å². The van der Waals surface area contributed by atoms with E-state index in [4.69, 9.17) is 4.74 Å². The quantitative estimate of drug-likeness (QED) is 0.694. The molecule has 2 aromatic carbocycles. The van der Waals surface area contributed by atoms with Gasteiger partial charge in [-0.05, 0) is 24.3 Å². The Kier molecular flexibility index (Phi) is 3.39. The lowest BCUT2D eigenvalue weighted by molar-refractivity contribution is -0.141. The average Bonchev–Trinajstić information content (AvgIpc) is 2.86. The zero-order chi connectivity index (χ0) is 14.8. The van der Waals surface area contributed by atoms with Crippen LogP contribution in [-0.2, 0) is 16.1 Å². The van der Waals surface area contributed by atoms with Gasteiger partial charge in [0.1, 0.15) is 18.2 Å². The highest BCUT2D eigenvalue weighted by Gasteiger charge is 2.17. The van der Waals surface area contributed by atoms with Crippen LogP contribution in [0.2, 0.25) is 0 Å². The number of carbonyl (C=O) groups is 1. The van der Waals surface area contributed by atoms with Gasteiger partial charge in [0.15, 0.2) is 0 Å². The molecule has 0 aliphatic rings. The van der Waals surface area contributed by atoms with Crippen molar-refractivity contribution in [1.29, 1.82) is 0 Å². The number of hydrogen-bond acceptors (Lipinski definition) is 3. The van der Waals surface area contributed by atoms with Crippen LogP contribution in [0.15, 0.2) is 48.5 Å². The summed E-state index contributed by atoms with van der Waals surface area (Å²) in [4.78, 5) is 16.1. The smallest absolute Gasteiger partial charge is 0.325 e. The van der Waals surface area contributed by atoms with Gasteiger partial charge in [0.2, 0.25) is 0 Å². The SMILES string of the molecule is COC(=O)Cn1c(-c2ccccc2F)nc2ccccc21. The molecule has 0 amide bonds. The summed E-state index contributed by atoms with van der Waals surface area (Å²) in [6, 6.07) is 13.7. The van der Waals surface area contributed by atoms with Crippen molar-refractivity contribution < 1.29 is 13.9 Å². The third kappa shape index (κ3) is 2.38. The highest BCUT2D eigenvalue weighted by atomic mass is 19.1. The van der Waals surface area contributed by atoms with Crippen LogP contribution in [0, 0.1) is 5.82 Å². The summed E-state index contributed by atoms with van der Waals surface area (Å²) in [5.41, 5.74) is 1.83. The number of carbonyl (C=O) groups excluding carboxylic acids is 1. The first-order valence-corrected chi connectivity index (χ1v) is 6.47. The van der Waals surface area contributed by atoms with Gasteiger partial charge in [-0.25, -0.2) is 9.37 Å². The van der Waals surface area contributed by atoms with E-state index in [1.54, 1.807) is 22.8 Å². The molecule has 0 fully saturated rings. The Hall–Kier alpha value is -2.69. The van der Waals surface area contributed by atoms with Crippen molar-refractivity contribution in [3.63, 3.8) is 0 Å². The Morgan fingerprint density at radius 2 is 1.90 bits per heavy atom. The Morgan fingerprint density at radius 3 is 2.67 bits per heavy atom. The maximum atomic E-state index is 14.0. The third-order valence-corrected chi connectivity index (χ3v) is 3.28. The van der Waals surface area contributed by atoms with Gasteiger partial charge in [0.25, 0.3) is 0 Å². The first kappa shape index (κ1) is 13.3. The lowest BCUT2D eigenvalue weighted by atomic mass is 10.2. The largest absolute Gasteiger partial charge is 0.468 e. The van der Waals surface area contributed by atoms with Gasteiger partial charge in [-0.3, -0.25) is 4.79 Å². The number of rotatable bonds is 3. The highest BCUT2D eigenvalue weighted by Crippen LogP contribution is 2.26. The highest BCUT2D eigenvalue weighted by molar-refractivity contribution is 5.83. The maximum absolute atomic E-state index is 14.0. The molecule has 0 spiro atoms. The second-order valence-corrected chi connectivity index (χ2v) is 4.57. The summed E-state index contributed by atoms with van der Waals surface area (Å²) in [6.07, 6.45) is 0. The molecule has 3 rings (SSSR count). The molecule has 0 aliphatic carbocycles. The molecule has 5 heteroatoms. The minimum absolute atomic E-state index is 0.0132. The van der Waals surface area contributed by atoms with Crippen molar-refractivity contribution >= 4 is 17.0 Å². The van der Waals surface area contributed by atoms with E-state index < -0.39 is 5.97 Å². The number of imidazole rings is 1. The topological polar surface area (TPSA) is 44.1 Å². The summed E-state index contributed by atoms with van der Waals surface area (Å²) in [5.74, 6) is -0.366. The number of halogens is 1. The van der Waals surface area contributed by atoms with Crippen LogP contribution in [0.25, 0.3) is 22.4 Å². The Morgan fingerprint density at radius 1 is 1.19 bits per heavy atom. The molecule has 1 aromatic heterocycles. The van der Waals surface area contributed by atoms with Crippen LogP contribution in [-0.4, -0.2) is 22.6 Å². The third-order valence-electron chi connectivity index (χ3n) is 3.28. The molecular weight excluding hydrogens is 271 g/mol. The fourth-order valence-electron chi connectivity index (χ4n) is 2.28. The number of hydrogen-bond donors (Lipinski definition) is 0. The lowest BCUT2D eigenvalue weighted by Gasteiger charge is -2.08. The molecule has 106 valence electrons. The Balaban J connectivity index is 2.24. The molecule has 21 heavy (non-hydrogen) atoms. The van der Waals surface area contributed by atoms with Crippen LogP contribution in [0.4, 0.5) is 4.39 Å². The number of ether oxygens (including phenoxy) is 1. The summed E-state index contributed by atoms with van der Waals surface area (Å²) < 4.78 is 20.4. The van der Waals surface area contributed by atoms with Gasteiger partial charge >= 0.3 is 5.97 Å². The van der Waals surface area contributed by atoms with Gasteiger partial charge in [0, 0.05) is 0 Å². The Labute approximate surface area is 120 Å². The van der Waals surface area contributed by atoms with Crippen molar-refractivity contribution in [2.45, 2.75) is 6.54 Å². The Bertz CT molecular complexity index is 811. The first-order valence-electron chi connectivity index (χ1n) is 6.47. The molecule has 1 heterocycles. The lowest BCUT2D eigenvalue weighted by Crippen LogP contribution is -2.12. The van der Waals surface area contributed by atoms with E-state index in [0.717, 1.165) is 5.52 Å². The summed E-state index contributed by atoms with van der Waals surface area (Å²) in [6.45, 7) is -0.0132. The molecule has 0 N–H and O–H groups in total. The predicted molar refractivity (Wildman–Crippen MR) is 77.1 cm³/mol. The minimum Gasteiger partial charge on any atom is -0.468 e. The van der Waals surface area contributed by atoms with Crippen LogP contribution in [0.3, 0.4) is 0 Å². The summed E-state index contributed by atoms with van der Waals surface area (Å²) >= 11 is 0. The molecule has 0 saturated heterocycles.